The van der Waals surface area contributed by atoms with E-state index < -0.39 is 5.54 Å². The number of ether oxygens (including phenoxy) is 2. The second-order valence-electron chi connectivity index (χ2n) is 6.19. The smallest absolute Gasteiger partial charge is 0.235 e. The van der Waals surface area contributed by atoms with E-state index in [4.69, 9.17) is 9.47 Å². The van der Waals surface area contributed by atoms with Gasteiger partial charge in [0.1, 0.15) is 0 Å². The molecule has 118 valence electrons. The van der Waals surface area contributed by atoms with Gasteiger partial charge in [0, 0.05) is 0 Å². The number of halogens is 1. The van der Waals surface area contributed by atoms with Gasteiger partial charge < -0.3 is 9.47 Å². The van der Waals surface area contributed by atoms with E-state index in [0.717, 1.165) is 48.1 Å². The molecule has 0 aliphatic heterocycles. The largest absolute Gasteiger partial charge is 0.492 e. The Morgan fingerprint density at radius 1 is 1.36 bits per heavy atom. The SMILES string of the molecule is COc1c(Br)cc(C2(N=C=O)CCCC2)cc1OCC1CC1. The Balaban J connectivity index is 1.97. The van der Waals surface area contributed by atoms with Gasteiger partial charge in [0.05, 0.1) is 23.7 Å². The first-order valence-corrected chi connectivity index (χ1v) is 8.58. The molecule has 0 atom stereocenters. The van der Waals surface area contributed by atoms with Crippen molar-refractivity contribution in [3.63, 3.8) is 0 Å². The Labute approximate surface area is 139 Å². The molecule has 0 heterocycles. The highest BCUT2D eigenvalue weighted by molar-refractivity contribution is 9.10. The number of aliphatic imine (C=N–C) groups is 1. The number of isocyanates is 1. The summed E-state index contributed by atoms with van der Waals surface area (Å²) in [7, 11) is 1.64. The van der Waals surface area contributed by atoms with E-state index in [1.165, 1.54) is 12.8 Å². The molecule has 2 fully saturated rings. The van der Waals surface area contributed by atoms with Gasteiger partial charge in [-0.15, -0.1) is 0 Å². The predicted octanol–water partition coefficient (Wildman–Crippen LogP) is 4.35. The molecule has 2 aliphatic carbocycles. The van der Waals surface area contributed by atoms with E-state index >= 15 is 0 Å². The Hall–Kier alpha value is -1.32. The first kappa shape index (κ1) is 15.6. The zero-order valence-electron chi connectivity index (χ0n) is 12.7. The van der Waals surface area contributed by atoms with Crippen LogP contribution in [0.4, 0.5) is 0 Å². The lowest BCUT2D eigenvalue weighted by Gasteiger charge is -2.25. The van der Waals surface area contributed by atoms with Crippen LogP contribution in [-0.2, 0) is 10.3 Å². The van der Waals surface area contributed by atoms with Crippen molar-refractivity contribution in [3.8, 4) is 11.5 Å². The first-order chi connectivity index (χ1) is 10.7. The Morgan fingerprint density at radius 2 is 2.09 bits per heavy atom. The lowest BCUT2D eigenvalue weighted by molar-refractivity contribution is 0.278. The van der Waals surface area contributed by atoms with E-state index in [9.17, 15) is 4.79 Å². The average Bonchev–Trinajstić information content (AvgIpc) is 3.22. The van der Waals surface area contributed by atoms with Gasteiger partial charge in [0.25, 0.3) is 0 Å². The molecule has 2 saturated carbocycles. The fourth-order valence-electron chi connectivity index (χ4n) is 3.15. The second-order valence-corrected chi connectivity index (χ2v) is 7.04. The zero-order chi connectivity index (χ0) is 15.6. The minimum Gasteiger partial charge on any atom is -0.492 e. The van der Waals surface area contributed by atoms with Crippen molar-refractivity contribution >= 4 is 22.0 Å². The normalized spacial score (nSPS) is 19.5. The molecule has 0 bridgehead atoms. The molecule has 4 nitrogen and oxygen atoms in total. The maximum Gasteiger partial charge on any atom is 0.235 e. The van der Waals surface area contributed by atoms with Crippen LogP contribution in [0.2, 0.25) is 0 Å². The minimum absolute atomic E-state index is 0.450. The highest BCUT2D eigenvalue weighted by Crippen LogP contribution is 2.47. The number of hydrogen-bond acceptors (Lipinski definition) is 4. The van der Waals surface area contributed by atoms with Crippen LogP contribution in [0.25, 0.3) is 0 Å². The van der Waals surface area contributed by atoms with Crippen molar-refractivity contribution in [2.75, 3.05) is 13.7 Å². The third-order valence-corrected chi connectivity index (χ3v) is 5.20. The fourth-order valence-corrected chi connectivity index (χ4v) is 3.75. The molecule has 0 radical (unpaired) electrons. The molecule has 1 aromatic carbocycles. The number of nitrogens with zero attached hydrogens (tertiary/aromatic N) is 1. The number of carbonyl (C=O) groups excluding carboxylic acids is 1. The van der Waals surface area contributed by atoms with Crippen molar-refractivity contribution in [2.24, 2.45) is 10.9 Å². The van der Waals surface area contributed by atoms with E-state index in [2.05, 4.69) is 20.9 Å². The summed E-state index contributed by atoms with van der Waals surface area (Å²) in [6, 6.07) is 3.98. The summed E-state index contributed by atoms with van der Waals surface area (Å²) in [6.45, 7) is 0.718. The van der Waals surface area contributed by atoms with Crippen molar-refractivity contribution in [3.05, 3.63) is 22.2 Å². The number of hydrogen-bond donors (Lipinski definition) is 0. The summed E-state index contributed by atoms with van der Waals surface area (Å²) >= 11 is 3.56. The predicted molar refractivity (Wildman–Crippen MR) is 87.2 cm³/mol. The van der Waals surface area contributed by atoms with Gasteiger partial charge in [-0.3, -0.25) is 0 Å². The standard InChI is InChI=1S/C17H20BrNO3/c1-21-16-14(18)8-13(9-15(16)22-10-12-4-5-12)17(19-11-20)6-2-3-7-17/h8-9,12H,2-7,10H2,1H3. The van der Waals surface area contributed by atoms with Crippen molar-refractivity contribution in [1.29, 1.82) is 0 Å². The molecule has 0 saturated heterocycles. The van der Waals surface area contributed by atoms with Crippen LogP contribution in [-0.4, -0.2) is 19.8 Å². The third-order valence-electron chi connectivity index (χ3n) is 4.61. The molecular weight excluding hydrogens is 346 g/mol. The summed E-state index contributed by atoms with van der Waals surface area (Å²) in [5.74, 6) is 2.10. The molecule has 2 aliphatic rings. The number of methoxy groups -OCH3 is 1. The van der Waals surface area contributed by atoms with Crippen molar-refractivity contribution in [1.82, 2.24) is 0 Å². The summed E-state index contributed by atoms with van der Waals surface area (Å²) in [5.41, 5.74) is 0.556. The average molecular weight is 366 g/mol. The maximum absolute atomic E-state index is 10.9. The molecular formula is C17H20BrNO3. The van der Waals surface area contributed by atoms with Gasteiger partial charge in [-0.2, -0.15) is 4.99 Å². The van der Waals surface area contributed by atoms with Gasteiger partial charge in [-0.25, -0.2) is 4.79 Å². The molecule has 0 unspecified atom stereocenters. The lowest BCUT2D eigenvalue weighted by atomic mass is 9.88. The van der Waals surface area contributed by atoms with Crippen LogP contribution in [0.1, 0.15) is 44.1 Å². The minimum atomic E-state index is -0.450. The van der Waals surface area contributed by atoms with Gasteiger partial charge >= 0.3 is 0 Å². The number of rotatable bonds is 6. The monoisotopic (exact) mass is 365 g/mol. The summed E-state index contributed by atoms with van der Waals surface area (Å²) in [5, 5.41) is 0. The maximum atomic E-state index is 10.9. The molecule has 22 heavy (non-hydrogen) atoms. The van der Waals surface area contributed by atoms with Gasteiger partial charge in [-0.05, 0) is 65.2 Å². The molecule has 1 aromatic rings. The number of benzene rings is 1. The van der Waals surface area contributed by atoms with Gasteiger partial charge in [0.15, 0.2) is 11.5 Å². The fraction of sp³-hybridized carbons (Fsp3) is 0.588. The first-order valence-electron chi connectivity index (χ1n) is 7.78. The topological polar surface area (TPSA) is 47.9 Å². The quantitative estimate of drug-likeness (QED) is 0.556. The van der Waals surface area contributed by atoms with Crippen LogP contribution in [0.5, 0.6) is 11.5 Å². The van der Waals surface area contributed by atoms with Gasteiger partial charge in [0.2, 0.25) is 6.08 Å². The molecule has 3 rings (SSSR count). The summed E-state index contributed by atoms with van der Waals surface area (Å²) < 4.78 is 12.3. The third kappa shape index (κ3) is 3.06. The molecule has 0 amide bonds. The highest BCUT2D eigenvalue weighted by atomic mass is 79.9. The molecule has 5 heteroatoms. The molecule has 0 N–H and O–H groups in total. The van der Waals surface area contributed by atoms with E-state index in [1.54, 1.807) is 13.2 Å². The summed E-state index contributed by atoms with van der Waals surface area (Å²) in [6.07, 6.45) is 8.15. The lowest BCUT2D eigenvalue weighted by Crippen LogP contribution is -2.19. The Morgan fingerprint density at radius 3 is 2.68 bits per heavy atom. The molecule has 0 spiro atoms. The van der Waals surface area contributed by atoms with Crippen LogP contribution in [0.3, 0.4) is 0 Å². The Bertz CT molecular complexity index is 600. The van der Waals surface area contributed by atoms with E-state index in [1.807, 2.05) is 12.1 Å². The molecule has 0 aromatic heterocycles. The van der Waals surface area contributed by atoms with E-state index in [0.29, 0.717) is 11.7 Å². The van der Waals surface area contributed by atoms with Crippen LogP contribution < -0.4 is 9.47 Å². The zero-order valence-corrected chi connectivity index (χ0v) is 14.3. The Kier molecular flexibility index (Phi) is 4.55. The van der Waals surface area contributed by atoms with Crippen molar-refractivity contribution in [2.45, 2.75) is 44.1 Å². The van der Waals surface area contributed by atoms with E-state index in [-0.39, 0.29) is 0 Å². The highest BCUT2D eigenvalue weighted by Gasteiger charge is 2.37. The van der Waals surface area contributed by atoms with Crippen molar-refractivity contribution < 1.29 is 14.3 Å². The van der Waals surface area contributed by atoms with Crippen LogP contribution in [0.15, 0.2) is 21.6 Å². The summed E-state index contributed by atoms with van der Waals surface area (Å²) in [4.78, 5) is 15.0. The van der Waals surface area contributed by atoms with Gasteiger partial charge in [-0.1, -0.05) is 12.8 Å². The second kappa shape index (κ2) is 6.43. The van der Waals surface area contributed by atoms with Crippen LogP contribution >= 0.6 is 15.9 Å². The van der Waals surface area contributed by atoms with Crippen LogP contribution in [0, 0.1) is 5.92 Å².